The zero-order valence-corrected chi connectivity index (χ0v) is 11.2. The second-order valence-corrected chi connectivity index (χ2v) is 5.19. The van der Waals surface area contributed by atoms with Crippen LogP contribution in [-0.4, -0.2) is 24.6 Å². The zero-order valence-electron chi connectivity index (χ0n) is 11.2. The summed E-state index contributed by atoms with van der Waals surface area (Å²) in [5.41, 5.74) is 0.531. The number of aromatic hydroxyl groups is 1. The van der Waals surface area contributed by atoms with E-state index in [4.69, 9.17) is 12.6 Å². The fourth-order valence-corrected chi connectivity index (χ4v) is 1.40. The molecule has 0 fully saturated rings. The Bertz CT molecular complexity index is 440. The van der Waals surface area contributed by atoms with E-state index in [1.165, 1.54) is 6.07 Å². The van der Waals surface area contributed by atoms with Gasteiger partial charge in [0.25, 0.3) is 0 Å². The summed E-state index contributed by atoms with van der Waals surface area (Å²) in [7, 11) is 5.51. The van der Waals surface area contributed by atoms with Crippen molar-refractivity contribution in [3.63, 3.8) is 0 Å². The van der Waals surface area contributed by atoms with Gasteiger partial charge in [-0.1, -0.05) is 17.6 Å². The van der Waals surface area contributed by atoms with Crippen LogP contribution in [0.5, 0.6) is 5.75 Å². The summed E-state index contributed by atoms with van der Waals surface area (Å²) in [4.78, 5) is 11.6. The Hall–Kier alpha value is -1.65. The quantitative estimate of drug-likeness (QED) is 0.783. The van der Waals surface area contributed by atoms with Crippen LogP contribution in [0.15, 0.2) is 18.2 Å². The number of amides is 1. The van der Waals surface area contributed by atoms with E-state index in [-0.39, 0.29) is 11.8 Å². The summed E-state index contributed by atoms with van der Waals surface area (Å²) >= 11 is 0. The second-order valence-electron chi connectivity index (χ2n) is 5.19. The summed E-state index contributed by atoms with van der Waals surface area (Å²) in [6.45, 7) is 7.19. The number of phenolic OH excluding ortho intramolecular Hbond substituents is 1. The Morgan fingerprint density at radius 1 is 1.44 bits per heavy atom. The minimum absolute atomic E-state index is 0.00494. The van der Waals surface area contributed by atoms with E-state index in [0.29, 0.717) is 5.46 Å². The van der Waals surface area contributed by atoms with Gasteiger partial charge in [0.05, 0.1) is 6.04 Å². The third kappa shape index (κ3) is 4.32. The van der Waals surface area contributed by atoms with Gasteiger partial charge in [0.15, 0.2) is 0 Å². The highest BCUT2D eigenvalue weighted by atomic mass is 16.6. The average Bonchev–Trinajstić information content (AvgIpc) is 2.18. The van der Waals surface area contributed by atoms with Crippen LogP contribution < -0.4 is 10.8 Å². The molecule has 1 amide bonds. The van der Waals surface area contributed by atoms with Crippen molar-refractivity contribution in [1.82, 2.24) is 5.32 Å². The Morgan fingerprint density at radius 3 is 2.56 bits per heavy atom. The lowest BCUT2D eigenvalue weighted by molar-refractivity contribution is 0.0508. The van der Waals surface area contributed by atoms with Gasteiger partial charge in [0.1, 0.15) is 19.2 Å². The van der Waals surface area contributed by atoms with E-state index in [1.54, 1.807) is 39.8 Å². The first-order chi connectivity index (χ1) is 8.19. The molecule has 0 aliphatic rings. The number of hydrogen-bond acceptors (Lipinski definition) is 3. The lowest BCUT2D eigenvalue weighted by Crippen LogP contribution is -2.34. The molecule has 1 aromatic rings. The van der Waals surface area contributed by atoms with Crippen molar-refractivity contribution in [2.45, 2.75) is 39.3 Å². The third-order valence-electron chi connectivity index (χ3n) is 2.29. The molecule has 1 aromatic carbocycles. The van der Waals surface area contributed by atoms with E-state index >= 15 is 0 Å². The predicted octanol–water partition coefficient (Wildman–Crippen LogP) is 1.77. The topological polar surface area (TPSA) is 58.6 Å². The highest BCUT2D eigenvalue weighted by Gasteiger charge is 2.18. The largest absolute Gasteiger partial charge is 0.509 e. The summed E-state index contributed by atoms with van der Waals surface area (Å²) in [5, 5.41) is 12.2. The maximum atomic E-state index is 11.6. The second kappa shape index (κ2) is 5.33. The number of phenols is 1. The van der Waals surface area contributed by atoms with E-state index in [9.17, 15) is 9.90 Å². The van der Waals surface area contributed by atoms with Crippen molar-refractivity contribution in [2.24, 2.45) is 0 Å². The molecule has 5 heteroatoms. The minimum atomic E-state index is -0.535. The van der Waals surface area contributed by atoms with Gasteiger partial charge in [-0.25, -0.2) is 4.79 Å². The minimum Gasteiger partial charge on any atom is -0.509 e. The van der Waals surface area contributed by atoms with Crippen LogP contribution in [0.4, 0.5) is 4.79 Å². The molecule has 0 saturated carbocycles. The molecule has 0 bridgehead atoms. The van der Waals surface area contributed by atoms with Gasteiger partial charge in [-0.05, 0) is 39.3 Å². The fraction of sp³-hybridized carbons (Fsp3) is 0.462. The molecule has 0 spiro atoms. The van der Waals surface area contributed by atoms with E-state index in [2.05, 4.69) is 5.32 Å². The molecule has 18 heavy (non-hydrogen) atoms. The average molecular weight is 247 g/mol. The number of hydrogen-bond donors (Lipinski definition) is 2. The number of benzene rings is 1. The summed E-state index contributed by atoms with van der Waals surface area (Å²) in [6.07, 6.45) is -0.494. The number of nitrogens with one attached hydrogen (secondary N) is 1. The Balaban J connectivity index is 2.68. The molecule has 96 valence electrons. The van der Waals surface area contributed by atoms with Crippen LogP contribution in [0.1, 0.15) is 39.3 Å². The Labute approximate surface area is 109 Å². The first-order valence-corrected chi connectivity index (χ1v) is 5.77. The summed E-state index contributed by atoms with van der Waals surface area (Å²) in [6, 6.07) is 4.60. The van der Waals surface area contributed by atoms with Crippen LogP contribution >= 0.6 is 0 Å². The van der Waals surface area contributed by atoms with E-state index in [1.807, 2.05) is 0 Å². The molecule has 0 aliphatic heterocycles. The van der Waals surface area contributed by atoms with Gasteiger partial charge >= 0.3 is 6.09 Å². The van der Waals surface area contributed by atoms with Gasteiger partial charge in [-0.15, -0.1) is 0 Å². The molecule has 1 rings (SSSR count). The van der Waals surface area contributed by atoms with E-state index < -0.39 is 11.7 Å². The number of carbonyl (C=O) groups excluding carboxylic acids is 1. The molecule has 2 radical (unpaired) electrons. The number of ether oxygens (including phenoxy) is 1. The van der Waals surface area contributed by atoms with Crippen molar-refractivity contribution >= 4 is 19.4 Å². The van der Waals surface area contributed by atoms with Gasteiger partial charge in [-0.2, -0.15) is 0 Å². The molecule has 0 heterocycles. The fourth-order valence-electron chi connectivity index (χ4n) is 1.40. The van der Waals surface area contributed by atoms with Crippen molar-refractivity contribution in [3.8, 4) is 5.75 Å². The molecule has 0 unspecified atom stereocenters. The third-order valence-corrected chi connectivity index (χ3v) is 2.29. The van der Waals surface area contributed by atoms with Gasteiger partial charge in [0.2, 0.25) is 0 Å². The normalized spacial score (nSPS) is 12.9. The Morgan fingerprint density at radius 2 is 2.06 bits per heavy atom. The Kier molecular flexibility index (Phi) is 4.27. The lowest BCUT2D eigenvalue weighted by atomic mass is 9.92. The zero-order chi connectivity index (χ0) is 13.9. The highest BCUT2D eigenvalue weighted by molar-refractivity contribution is 6.34. The highest BCUT2D eigenvalue weighted by Crippen LogP contribution is 2.17. The van der Waals surface area contributed by atoms with Crippen LogP contribution in [-0.2, 0) is 4.74 Å². The first kappa shape index (κ1) is 14.4. The van der Waals surface area contributed by atoms with Gasteiger partial charge in [-0.3, -0.25) is 0 Å². The van der Waals surface area contributed by atoms with Gasteiger partial charge in [0, 0.05) is 0 Å². The first-order valence-electron chi connectivity index (χ1n) is 5.77. The van der Waals surface area contributed by atoms with Gasteiger partial charge < -0.3 is 15.2 Å². The monoisotopic (exact) mass is 247 g/mol. The number of alkyl carbamates (subject to hydrolysis) is 1. The van der Waals surface area contributed by atoms with E-state index in [0.717, 1.165) is 5.56 Å². The molecular formula is C13H18BNO3. The number of carbonyl (C=O) groups is 1. The summed E-state index contributed by atoms with van der Waals surface area (Å²) in [5.74, 6) is 0.00494. The van der Waals surface area contributed by atoms with Crippen LogP contribution in [0.25, 0.3) is 0 Å². The predicted molar refractivity (Wildman–Crippen MR) is 71.3 cm³/mol. The molecular weight excluding hydrogens is 229 g/mol. The van der Waals surface area contributed by atoms with Crippen molar-refractivity contribution < 1.29 is 14.6 Å². The molecule has 0 aliphatic carbocycles. The molecule has 0 saturated heterocycles. The maximum Gasteiger partial charge on any atom is 0.408 e. The smallest absolute Gasteiger partial charge is 0.408 e. The molecule has 0 aromatic heterocycles. The maximum absolute atomic E-state index is 11.6. The van der Waals surface area contributed by atoms with Crippen molar-refractivity contribution in [2.75, 3.05) is 0 Å². The lowest BCUT2D eigenvalue weighted by Gasteiger charge is -2.22. The van der Waals surface area contributed by atoms with Crippen LogP contribution in [0.3, 0.4) is 0 Å². The van der Waals surface area contributed by atoms with Crippen molar-refractivity contribution in [1.29, 1.82) is 0 Å². The molecule has 2 N–H and O–H groups in total. The SMILES string of the molecule is [B]c1ccc([C@@H](C)NC(=O)OC(C)(C)C)cc1O. The van der Waals surface area contributed by atoms with Crippen molar-refractivity contribution in [3.05, 3.63) is 23.8 Å². The summed E-state index contributed by atoms with van der Waals surface area (Å²) < 4.78 is 5.15. The van der Waals surface area contributed by atoms with Crippen LogP contribution in [0.2, 0.25) is 0 Å². The number of rotatable bonds is 2. The molecule has 4 nitrogen and oxygen atoms in total. The van der Waals surface area contributed by atoms with Crippen LogP contribution in [0, 0.1) is 0 Å². The standard InChI is InChI=1S/C13H18BNO3/c1-8(15-12(17)18-13(2,3)4)9-5-6-10(14)11(16)7-9/h5-8,16H,1-4H3,(H,15,17)/t8-/m1/s1. The molecule has 1 atom stereocenters.